The summed E-state index contributed by atoms with van der Waals surface area (Å²) < 4.78 is 40.3. The molecule has 0 radical (unpaired) electrons. The fourth-order valence-corrected chi connectivity index (χ4v) is 3.15. The van der Waals surface area contributed by atoms with Crippen LogP contribution in [0.1, 0.15) is 28.9 Å². The lowest BCUT2D eigenvalue weighted by molar-refractivity contribution is -0.142. The van der Waals surface area contributed by atoms with E-state index in [4.69, 9.17) is 5.73 Å². The van der Waals surface area contributed by atoms with Gasteiger partial charge in [0.2, 0.25) is 5.91 Å². The SMILES string of the molecule is Nc1cccc(CCNC(=O)Cn2nc(C(F)(F)F)c3c2CCC3)c1. The van der Waals surface area contributed by atoms with E-state index in [9.17, 15) is 18.0 Å². The van der Waals surface area contributed by atoms with Crippen LogP contribution in [0.3, 0.4) is 0 Å². The molecule has 134 valence electrons. The number of nitrogens with zero attached hydrogens (tertiary/aromatic N) is 2. The highest BCUT2D eigenvalue weighted by Gasteiger charge is 2.40. The maximum absolute atomic E-state index is 13.0. The molecule has 1 heterocycles. The summed E-state index contributed by atoms with van der Waals surface area (Å²) in [5.41, 5.74) is 7.23. The number of benzene rings is 1. The third kappa shape index (κ3) is 3.94. The smallest absolute Gasteiger partial charge is 0.399 e. The third-order valence-electron chi connectivity index (χ3n) is 4.26. The first-order valence-corrected chi connectivity index (χ1v) is 8.11. The van der Waals surface area contributed by atoms with E-state index in [1.165, 1.54) is 4.68 Å². The maximum Gasteiger partial charge on any atom is 0.435 e. The lowest BCUT2D eigenvalue weighted by Gasteiger charge is -2.08. The van der Waals surface area contributed by atoms with Gasteiger partial charge in [-0.2, -0.15) is 18.3 Å². The second-order valence-electron chi connectivity index (χ2n) is 6.13. The molecule has 3 rings (SSSR count). The summed E-state index contributed by atoms with van der Waals surface area (Å²) in [6.07, 6.45) is -2.34. The number of carbonyl (C=O) groups is 1. The molecule has 1 amide bonds. The van der Waals surface area contributed by atoms with E-state index in [2.05, 4.69) is 10.4 Å². The van der Waals surface area contributed by atoms with Crippen molar-refractivity contribution in [1.29, 1.82) is 0 Å². The molecular weight excluding hydrogens is 333 g/mol. The van der Waals surface area contributed by atoms with E-state index in [1.807, 2.05) is 18.2 Å². The van der Waals surface area contributed by atoms with E-state index in [1.54, 1.807) is 6.07 Å². The number of halogens is 3. The van der Waals surface area contributed by atoms with Crippen LogP contribution in [0.4, 0.5) is 18.9 Å². The van der Waals surface area contributed by atoms with Crippen molar-refractivity contribution in [3.05, 3.63) is 46.8 Å². The topological polar surface area (TPSA) is 72.9 Å². The Kier molecular flexibility index (Phi) is 4.69. The Hall–Kier alpha value is -2.51. The molecule has 25 heavy (non-hydrogen) atoms. The first-order valence-electron chi connectivity index (χ1n) is 8.11. The number of aromatic nitrogens is 2. The van der Waals surface area contributed by atoms with Crippen LogP contribution >= 0.6 is 0 Å². The molecule has 0 saturated carbocycles. The average molecular weight is 352 g/mol. The van der Waals surface area contributed by atoms with E-state index >= 15 is 0 Å². The van der Waals surface area contributed by atoms with E-state index in [0.717, 1.165) is 5.56 Å². The van der Waals surface area contributed by atoms with Gasteiger partial charge in [0.25, 0.3) is 0 Å². The number of nitrogen functional groups attached to an aromatic ring is 1. The highest BCUT2D eigenvalue weighted by molar-refractivity contribution is 5.75. The summed E-state index contributed by atoms with van der Waals surface area (Å²) in [6, 6.07) is 7.33. The molecular formula is C17H19F3N4O. The van der Waals surface area contributed by atoms with Gasteiger partial charge in [0.15, 0.2) is 5.69 Å². The molecule has 2 aromatic rings. The van der Waals surface area contributed by atoms with Crippen molar-refractivity contribution in [2.75, 3.05) is 12.3 Å². The Bertz CT molecular complexity index is 783. The van der Waals surface area contributed by atoms with E-state index in [-0.39, 0.29) is 18.0 Å². The third-order valence-corrected chi connectivity index (χ3v) is 4.26. The van der Waals surface area contributed by atoms with Gasteiger partial charge in [-0.15, -0.1) is 0 Å². The fourth-order valence-electron chi connectivity index (χ4n) is 3.15. The quantitative estimate of drug-likeness (QED) is 0.811. The van der Waals surface area contributed by atoms with E-state index < -0.39 is 11.9 Å². The van der Waals surface area contributed by atoms with Crippen LogP contribution in [-0.2, 0) is 36.8 Å². The molecule has 8 heteroatoms. The Morgan fingerprint density at radius 1 is 1.32 bits per heavy atom. The molecule has 1 aromatic heterocycles. The van der Waals surface area contributed by atoms with Crippen LogP contribution in [0.25, 0.3) is 0 Å². The standard InChI is InChI=1S/C17H19F3N4O/c18-17(19,20)16-13-5-2-6-14(13)24(23-16)10-15(25)22-8-7-11-3-1-4-12(21)9-11/h1,3-4,9H,2,5-8,10,21H2,(H,22,25). The van der Waals surface area contributed by atoms with Crippen molar-refractivity contribution in [1.82, 2.24) is 15.1 Å². The van der Waals surface area contributed by atoms with Gasteiger partial charge in [-0.3, -0.25) is 9.48 Å². The van der Waals surface area contributed by atoms with Gasteiger partial charge in [0.1, 0.15) is 6.54 Å². The van der Waals surface area contributed by atoms with Crippen LogP contribution in [0, 0.1) is 0 Å². The first kappa shape index (κ1) is 17.3. The van der Waals surface area contributed by atoms with Crippen LogP contribution < -0.4 is 11.1 Å². The lowest BCUT2D eigenvalue weighted by Crippen LogP contribution is -2.30. The first-order chi connectivity index (χ1) is 11.8. The number of hydrogen-bond donors (Lipinski definition) is 2. The lowest BCUT2D eigenvalue weighted by atomic mass is 10.1. The number of rotatable bonds is 5. The normalized spacial score (nSPS) is 13.7. The Balaban J connectivity index is 1.60. The second kappa shape index (κ2) is 6.78. The largest absolute Gasteiger partial charge is 0.435 e. The highest BCUT2D eigenvalue weighted by atomic mass is 19.4. The number of hydrogen-bond acceptors (Lipinski definition) is 3. The number of amides is 1. The summed E-state index contributed by atoms with van der Waals surface area (Å²) in [6.45, 7) is 0.188. The minimum atomic E-state index is -4.48. The molecule has 0 bridgehead atoms. The molecule has 0 fully saturated rings. The Morgan fingerprint density at radius 2 is 2.12 bits per heavy atom. The molecule has 1 aliphatic carbocycles. The van der Waals surface area contributed by atoms with Gasteiger partial charge in [-0.25, -0.2) is 0 Å². The summed E-state index contributed by atoms with van der Waals surface area (Å²) in [4.78, 5) is 12.1. The van der Waals surface area contributed by atoms with Crippen LogP contribution in [0.2, 0.25) is 0 Å². The molecule has 0 unspecified atom stereocenters. The van der Waals surface area contributed by atoms with E-state index in [0.29, 0.717) is 43.6 Å². The van der Waals surface area contributed by atoms with Gasteiger partial charge in [-0.1, -0.05) is 12.1 Å². The van der Waals surface area contributed by atoms with Gasteiger partial charge in [0.05, 0.1) is 0 Å². The fraction of sp³-hybridized carbons (Fsp3) is 0.412. The zero-order valence-electron chi connectivity index (χ0n) is 13.6. The summed E-state index contributed by atoms with van der Waals surface area (Å²) in [5, 5.41) is 6.35. The minimum Gasteiger partial charge on any atom is -0.399 e. The molecule has 5 nitrogen and oxygen atoms in total. The monoisotopic (exact) mass is 352 g/mol. The van der Waals surface area contributed by atoms with Crippen molar-refractivity contribution >= 4 is 11.6 Å². The molecule has 1 aromatic carbocycles. The van der Waals surface area contributed by atoms with Crippen molar-refractivity contribution in [3.8, 4) is 0 Å². The van der Waals surface area contributed by atoms with Crippen molar-refractivity contribution < 1.29 is 18.0 Å². The Morgan fingerprint density at radius 3 is 2.84 bits per heavy atom. The van der Waals surface area contributed by atoms with Gasteiger partial charge in [-0.05, 0) is 43.4 Å². The summed E-state index contributed by atoms with van der Waals surface area (Å²) in [5.74, 6) is -0.352. The Labute approximate surface area is 143 Å². The molecule has 0 saturated heterocycles. The zero-order valence-corrected chi connectivity index (χ0v) is 13.6. The van der Waals surface area contributed by atoms with Gasteiger partial charge < -0.3 is 11.1 Å². The summed E-state index contributed by atoms with van der Waals surface area (Å²) in [7, 11) is 0. The molecule has 0 atom stereocenters. The van der Waals surface area contributed by atoms with Crippen molar-refractivity contribution in [3.63, 3.8) is 0 Å². The van der Waals surface area contributed by atoms with Crippen molar-refractivity contribution in [2.45, 2.75) is 38.4 Å². The van der Waals surface area contributed by atoms with Gasteiger partial charge in [0, 0.05) is 23.5 Å². The van der Waals surface area contributed by atoms with Crippen LogP contribution in [0.5, 0.6) is 0 Å². The number of alkyl halides is 3. The second-order valence-corrected chi connectivity index (χ2v) is 6.13. The predicted octanol–water partition coefficient (Wildman–Crippen LogP) is 2.33. The molecule has 0 aliphatic heterocycles. The van der Waals surface area contributed by atoms with Crippen molar-refractivity contribution in [2.24, 2.45) is 0 Å². The maximum atomic E-state index is 13.0. The predicted molar refractivity (Wildman–Crippen MR) is 86.8 cm³/mol. The summed E-state index contributed by atoms with van der Waals surface area (Å²) >= 11 is 0. The number of anilines is 1. The average Bonchev–Trinajstić information content (AvgIpc) is 3.10. The van der Waals surface area contributed by atoms with Crippen LogP contribution in [-0.4, -0.2) is 22.2 Å². The zero-order chi connectivity index (χ0) is 18.0. The highest BCUT2D eigenvalue weighted by Crippen LogP contribution is 2.36. The number of fused-ring (bicyclic) bond motifs is 1. The molecule has 0 spiro atoms. The molecule has 1 aliphatic rings. The number of carbonyl (C=O) groups excluding carboxylic acids is 1. The number of nitrogens with two attached hydrogens (primary N) is 1. The van der Waals surface area contributed by atoms with Crippen LogP contribution in [0.15, 0.2) is 24.3 Å². The van der Waals surface area contributed by atoms with Gasteiger partial charge >= 0.3 is 6.18 Å². The number of nitrogens with one attached hydrogen (secondary N) is 1. The minimum absolute atomic E-state index is 0.199. The molecule has 3 N–H and O–H groups in total.